The summed E-state index contributed by atoms with van der Waals surface area (Å²) in [5.74, 6) is 2.40. The molecule has 38 heavy (non-hydrogen) atoms. The maximum atomic E-state index is 10.9. The van der Waals surface area contributed by atoms with Crippen LogP contribution in [0, 0.1) is 35.5 Å². The van der Waals surface area contributed by atoms with Crippen LogP contribution in [0.4, 0.5) is 11.4 Å². The Labute approximate surface area is 235 Å². The summed E-state index contributed by atoms with van der Waals surface area (Å²) in [6.45, 7) is 3.75. The Bertz CT molecular complexity index is 1240. The molecule has 2 heterocycles. The second-order valence-corrected chi connectivity index (χ2v) is 11.3. The van der Waals surface area contributed by atoms with Crippen molar-refractivity contribution in [2.45, 2.75) is 0 Å². The van der Waals surface area contributed by atoms with Crippen LogP contribution < -0.4 is 21.3 Å². The van der Waals surface area contributed by atoms with Crippen molar-refractivity contribution in [2.24, 2.45) is 57.3 Å². The standard InChI is InChI=1S/C14H15Cl2N3O2.C12H14ClN3O/c15-5-12(20)21-18-14(17)13-10-6-19(7-11(10)13)9-3-1-2-8(16)4-9;13-7-2-1-3-8(4-7)16-5-9-10(6-16)11(9)12(14)15-17/h1-4,10-11,13H,5-7H2,(H2,17,18);1-4,9-11,17H,5-6H2,(H2,14,15). The zero-order chi connectivity index (χ0) is 27.0. The highest BCUT2D eigenvalue weighted by Gasteiger charge is 2.58. The molecule has 4 unspecified atom stereocenters. The van der Waals surface area contributed by atoms with E-state index in [1.54, 1.807) is 0 Å². The van der Waals surface area contributed by atoms with Crippen molar-refractivity contribution in [1.82, 2.24) is 0 Å². The quantitative estimate of drug-likeness (QED) is 0.118. The topological polar surface area (TPSA) is 130 Å². The van der Waals surface area contributed by atoms with Crippen LogP contribution in [0.5, 0.6) is 0 Å². The summed E-state index contributed by atoms with van der Waals surface area (Å²) in [6.07, 6.45) is 0. The molecule has 12 heteroatoms. The molecule has 0 amide bonds. The van der Waals surface area contributed by atoms with Crippen LogP contribution in [-0.4, -0.2) is 54.9 Å². The maximum Gasteiger partial charge on any atom is 0.349 e. The molecule has 5 N–H and O–H groups in total. The van der Waals surface area contributed by atoms with E-state index in [1.807, 2.05) is 42.5 Å². The molecular formula is C26H29Cl3N6O3. The average molecular weight is 580 g/mol. The van der Waals surface area contributed by atoms with Gasteiger partial charge < -0.3 is 31.3 Å². The van der Waals surface area contributed by atoms with E-state index < -0.39 is 5.97 Å². The summed E-state index contributed by atoms with van der Waals surface area (Å²) in [6, 6.07) is 15.7. The van der Waals surface area contributed by atoms with Crippen molar-refractivity contribution in [3.63, 3.8) is 0 Å². The monoisotopic (exact) mass is 578 g/mol. The zero-order valence-electron chi connectivity index (χ0n) is 20.5. The molecule has 6 rings (SSSR count). The van der Waals surface area contributed by atoms with Crippen LogP contribution in [0.3, 0.4) is 0 Å². The third-order valence-corrected chi connectivity index (χ3v) is 8.58. The number of amidine groups is 2. The normalized spacial score (nSPS) is 29.2. The predicted molar refractivity (Wildman–Crippen MR) is 150 cm³/mol. The van der Waals surface area contributed by atoms with E-state index >= 15 is 0 Å². The SMILES string of the molecule is N/C(=N\O)C1C2CN(c3cccc(Cl)c3)CC21.N/C(=N\OC(=O)CCl)C1C2CN(c3cccc(Cl)c3)CC21. The van der Waals surface area contributed by atoms with Crippen LogP contribution in [0.15, 0.2) is 58.8 Å². The van der Waals surface area contributed by atoms with Gasteiger partial charge in [-0.15, -0.1) is 11.6 Å². The van der Waals surface area contributed by atoms with Crippen molar-refractivity contribution in [1.29, 1.82) is 0 Å². The minimum absolute atomic E-state index is 0.198. The molecule has 202 valence electrons. The molecule has 0 spiro atoms. The lowest BCUT2D eigenvalue weighted by molar-refractivity contribution is -0.140. The van der Waals surface area contributed by atoms with Crippen molar-refractivity contribution in [3.8, 4) is 0 Å². The first-order chi connectivity index (χ1) is 18.3. The van der Waals surface area contributed by atoms with E-state index in [9.17, 15) is 4.79 Å². The van der Waals surface area contributed by atoms with E-state index in [-0.39, 0.29) is 17.7 Å². The summed E-state index contributed by atoms with van der Waals surface area (Å²) in [5.41, 5.74) is 13.8. The molecule has 2 aliphatic heterocycles. The lowest BCUT2D eigenvalue weighted by Crippen LogP contribution is -2.28. The molecular weight excluding hydrogens is 551 g/mol. The van der Waals surface area contributed by atoms with E-state index in [0.717, 1.165) is 47.6 Å². The van der Waals surface area contributed by atoms with Gasteiger partial charge in [-0.1, -0.05) is 45.6 Å². The molecule has 4 atom stereocenters. The average Bonchev–Trinajstić information content (AvgIpc) is 3.64. The van der Waals surface area contributed by atoms with Gasteiger partial charge in [0.05, 0.1) is 0 Å². The number of nitrogens with two attached hydrogens (primary N) is 2. The van der Waals surface area contributed by atoms with Gasteiger partial charge in [-0.05, 0) is 60.1 Å². The molecule has 0 aromatic heterocycles. The van der Waals surface area contributed by atoms with Gasteiger partial charge in [-0.3, -0.25) is 0 Å². The number of piperidine rings is 2. The van der Waals surface area contributed by atoms with Gasteiger partial charge >= 0.3 is 5.97 Å². The molecule has 2 saturated carbocycles. The highest BCUT2D eigenvalue weighted by atomic mass is 35.5. The number of rotatable bonds is 6. The fourth-order valence-electron chi connectivity index (χ4n) is 5.95. The number of anilines is 2. The van der Waals surface area contributed by atoms with Gasteiger partial charge in [0, 0.05) is 59.4 Å². The van der Waals surface area contributed by atoms with E-state index in [0.29, 0.717) is 35.3 Å². The lowest BCUT2D eigenvalue weighted by Gasteiger charge is -2.22. The van der Waals surface area contributed by atoms with Crippen molar-refractivity contribution < 1.29 is 14.8 Å². The van der Waals surface area contributed by atoms with Crippen LogP contribution in [0.25, 0.3) is 0 Å². The summed E-state index contributed by atoms with van der Waals surface area (Å²) >= 11 is 17.3. The first-order valence-electron chi connectivity index (χ1n) is 12.4. The van der Waals surface area contributed by atoms with Gasteiger partial charge in [0.2, 0.25) is 0 Å². The van der Waals surface area contributed by atoms with Crippen molar-refractivity contribution in [2.75, 3.05) is 41.9 Å². The van der Waals surface area contributed by atoms with Gasteiger partial charge in [0.1, 0.15) is 17.6 Å². The Morgan fingerprint density at radius 1 is 0.868 bits per heavy atom. The molecule has 2 saturated heterocycles. The lowest BCUT2D eigenvalue weighted by atomic mass is 10.2. The first kappa shape index (κ1) is 26.7. The number of hydrogen-bond acceptors (Lipinski definition) is 7. The second kappa shape index (κ2) is 11.1. The molecule has 9 nitrogen and oxygen atoms in total. The van der Waals surface area contributed by atoms with Crippen LogP contribution >= 0.6 is 34.8 Å². The van der Waals surface area contributed by atoms with E-state index in [2.05, 4.69) is 31.0 Å². The molecule has 4 fully saturated rings. The van der Waals surface area contributed by atoms with Crippen molar-refractivity contribution >= 4 is 63.8 Å². The Balaban J connectivity index is 0.000000158. The van der Waals surface area contributed by atoms with E-state index in [4.69, 9.17) is 51.5 Å². The molecule has 2 aromatic rings. The molecule has 0 bridgehead atoms. The van der Waals surface area contributed by atoms with Gasteiger partial charge in [-0.25, -0.2) is 4.79 Å². The van der Waals surface area contributed by atoms with Gasteiger partial charge in [0.25, 0.3) is 0 Å². The zero-order valence-corrected chi connectivity index (χ0v) is 22.7. The Kier molecular flexibility index (Phi) is 7.79. The Hall–Kier alpha value is -2.88. The number of carbonyl (C=O) groups is 1. The predicted octanol–water partition coefficient (Wildman–Crippen LogP) is 3.85. The highest BCUT2D eigenvalue weighted by molar-refractivity contribution is 6.31. The fraction of sp³-hybridized carbons (Fsp3) is 0.423. The molecule has 2 aromatic carbocycles. The summed E-state index contributed by atoms with van der Waals surface area (Å²) in [4.78, 5) is 20.1. The summed E-state index contributed by atoms with van der Waals surface area (Å²) in [5, 5.41) is 16.9. The Morgan fingerprint density at radius 2 is 1.32 bits per heavy atom. The number of benzene rings is 2. The number of halogens is 3. The minimum atomic E-state index is -0.592. The molecule has 4 aliphatic rings. The number of carbonyl (C=O) groups excluding carboxylic acids is 1. The van der Waals surface area contributed by atoms with Gasteiger partial charge in [0.15, 0.2) is 0 Å². The number of nitrogens with zero attached hydrogens (tertiary/aromatic N) is 4. The fourth-order valence-corrected chi connectivity index (χ4v) is 6.37. The third kappa shape index (κ3) is 5.60. The van der Waals surface area contributed by atoms with Crippen molar-refractivity contribution in [3.05, 3.63) is 58.6 Å². The van der Waals surface area contributed by atoms with Crippen LogP contribution in [0.2, 0.25) is 10.0 Å². The smallest absolute Gasteiger partial charge is 0.349 e. The van der Waals surface area contributed by atoms with Crippen LogP contribution in [0.1, 0.15) is 0 Å². The largest absolute Gasteiger partial charge is 0.409 e. The number of fused-ring (bicyclic) bond motifs is 2. The molecule has 2 aliphatic carbocycles. The van der Waals surface area contributed by atoms with Crippen LogP contribution in [-0.2, 0) is 9.63 Å². The molecule has 0 radical (unpaired) electrons. The first-order valence-corrected chi connectivity index (χ1v) is 13.7. The van der Waals surface area contributed by atoms with Gasteiger partial charge in [-0.2, -0.15) is 0 Å². The number of oxime groups is 2. The number of hydrogen-bond donors (Lipinski definition) is 3. The maximum absolute atomic E-state index is 10.9. The Morgan fingerprint density at radius 3 is 1.71 bits per heavy atom. The third-order valence-electron chi connectivity index (χ3n) is 7.90. The highest BCUT2D eigenvalue weighted by Crippen LogP contribution is 2.53. The second-order valence-electron chi connectivity index (χ2n) is 10.1. The summed E-state index contributed by atoms with van der Waals surface area (Å²) in [7, 11) is 0. The van der Waals surface area contributed by atoms with E-state index in [1.165, 1.54) is 0 Å². The number of alkyl halides is 1. The minimum Gasteiger partial charge on any atom is -0.409 e. The summed E-state index contributed by atoms with van der Waals surface area (Å²) < 4.78 is 0.